The molecule has 0 N–H and O–H groups in total. The number of rotatable bonds is 9. The number of nitrogens with zero attached hydrogens (tertiary/aromatic N) is 4. The number of fused-ring (bicyclic) bond motifs is 1. The molecule has 0 spiro atoms. The summed E-state index contributed by atoms with van der Waals surface area (Å²) in [6.07, 6.45) is 0. The highest BCUT2D eigenvalue weighted by atomic mass is 15.3. The lowest BCUT2D eigenvalue weighted by atomic mass is 9.77. The third-order valence-electron chi connectivity index (χ3n) is 11.6. The molecule has 292 valence electrons. The zero-order chi connectivity index (χ0) is 41.3. The molecule has 0 atom stereocenters. The van der Waals surface area contributed by atoms with Crippen LogP contribution in [0.4, 0.5) is 17.3 Å². The second-order valence-corrected chi connectivity index (χ2v) is 16.1. The maximum Gasteiger partial charge on any atom is 0.238 e. The van der Waals surface area contributed by atoms with Crippen LogP contribution in [-0.2, 0) is 0 Å². The Kier molecular flexibility index (Phi) is 10.4. The Morgan fingerprint density at radius 2 is 0.850 bits per heavy atom. The summed E-state index contributed by atoms with van der Waals surface area (Å²) in [6, 6.07) is 62.5. The van der Waals surface area contributed by atoms with Crippen molar-refractivity contribution in [3.05, 3.63) is 226 Å². The molecule has 0 radical (unpaired) electrons. The fraction of sp³-hybridized carbons (Fsp3) is 0.125. The van der Waals surface area contributed by atoms with Crippen molar-refractivity contribution in [3.8, 4) is 33.9 Å². The van der Waals surface area contributed by atoms with Gasteiger partial charge in [-0.1, -0.05) is 157 Å². The standard InChI is InChI=1S/C56H48N4/c1-36-30-38(3)51(39(4)31-36)53(52-40(5)32-37(2)33-41(52)6)44-25-27-49(28-26-44)60(50-29-24-43-18-13-14-21-47(43)35-50)56-58-54(45-19-11-8-12-20-45)57-55(59-56)48-23-15-22-46(34-48)42-16-9-7-10-17-42/h7-35,53H,1-6H3. The molecule has 0 fully saturated rings. The SMILES string of the molecule is Cc1cc(C)c(C(c2ccc(N(c3ccc4ccccc4c3)c3nc(-c4ccccc4)nc(-c4cccc(-c5ccccc5)c4)n3)cc2)c2c(C)cc(C)cc2C)c(C)c1. The summed E-state index contributed by atoms with van der Waals surface area (Å²) in [5.74, 6) is 1.81. The number of aromatic nitrogens is 3. The normalized spacial score (nSPS) is 11.3. The second-order valence-electron chi connectivity index (χ2n) is 16.1. The van der Waals surface area contributed by atoms with Crippen LogP contribution in [-0.4, -0.2) is 15.0 Å². The number of hydrogen-bond donors (Lipinski definition) is 0. The maximum atomic E-state index is 5.32. The summed E-state index contributed by atoms with van der Waals surface area (Å²) in [6.45, 7) is 13.4. The van der Waals surface area contributed by atoms with Gasteiger partial charge in [-0.2, -0.15) is 9.97 Å². The third kappa shape index (κ3) is 7.60. The molecule has 1 aromatic heterocycles. The van der Waals surface area contributed by atoms with E-state index < -0.39 is 0 Å². The van der Waals surface area contributed by atoms with Crippen molar-refractivity contribution in [3.63, 3.8) is 0 Å². The molecule has 4 nitrogen and oxygen atoms in total. The predicted molar refractivity (Wildman–Crippen MR) is 251 cm³/mol. The average Bonchev–Trinajstić information content (AvgIpc) is 3.26. The third-order valence-corrected chi connectivity index (χ3v) is 11.6. The number of hydrogen-bond acceptors (Lipinski definition) is 4. The van der Waals surface area contributed by atoms with Crippen molar-refractivity contribution in [2.75, 3.05) is 4.90 Å². The van der Waals surface area contributed by atoms with Crippen LogP contribution in [0.5, 0.6) is 0 Å². The molecule has 9 rings (SSSR count). The number of benzene rings is 8. The highest BCUT2D eigenvalue weighted by Crippen LogP contribution is 2.42. The Morgan fingerprint density at radius 3 is 1.45 bits per heavy atom. The van der Waals surface area contributed by atoms with Gasteiger partial charge in [0.1, 0.15) is 0 Å². The molecule has 1 heterocycles. The van der Waals surface area contributed by atoms with E-state index in [0.29, 0.717) is 17.6 Å². The van der Waals surface area contributed by atoms with Gasteiger partial charge in [0.05, 0.1) is 0 Å². The summed E-state index contributed by atoms with van der Waals surface area (Å²) in [4.78, 5) is 17.9. The van der Waals surface area contributed by atoms with Gasteiger partial charge < -0.3 is 0 Å². The first-order valence-electron chi connectivity index (χ1n) is 20.7. The Hall–Kier alpha value is -7.17. The van der Waals surface area contributed by atoms with Crippen molar-refractivity contribution < 1.29 is 0 Å². The lowest BCUT2D eigenvalue weighted by Gasteiger charge is -2.28. The number of anilines is 3. The minimum atomic E-state index is 0.0553. The van der Waals surface area contributed by atoms with Crippen molar-refractivity contribution in [2.24, 2.45) is 0 Å². The Bertz CT molecular complexity index is 2890. The largest absolute Gasteiger partial charge is 0.279 e. The van der Waals surface area contributed by atoms with E-state index in [9.17, 15) is 0 Å². The van der Waals surface area contributed by atoms with Gasteiger partial charge in [0.25, 0.3) is 0 Å². The molecule has 9 aromatic rings. The van der Waals surface area contributed by atoms with E-state index >= 15 is 0 Å². The van der Waals surface area contributed by atoms with Crippen molar-refractivity contribution in [1.29, 1.82) is 0 Å². The van der Waals surface area contributed by atoms with Crippen LogP contribution in [0.2, 0.25) is 0 Å². The second kappa shape index (κ2) is 16.2. The molecule has 0 amide bonds. The van der Waals surface area contributed by atoms with E-state index in [1.165, 1.54) is 55.5 Å². The van der Waals surface area contributed by atoms with Crippen molar-refractivity contribution in [2.45, 2.75) is 47.5 Å². The zero-order valence-corrected chi connectivity index (χ0v) is 35.1. The minimum Gasteiger partial charge on any atom is -0.279 e. The molecule has 0 saturated carbocycles. The average molecular weight is 777 g/mol. The fourth-order valence-electron chi connectivity index (χ4n) is 9.06. The lowest BCUT2D eigenvalue weighted by Crippen LogP contribution is -2.16. The quantitative estimate of drug-likeness (QED) is 0.137. The molecular formula is C56H48N4. The predicted octanol–water partition coefficient (Wildman–Crippen LogP) is 14.5. The van der Waals surface area contributed by atoms with E-state index in [-0.39, 0.29) is 5.92 Å². The molecule has 8 aromatic carbocycles. The summed E-state index contributed by atoms with van der Waals surface area (Å²) >= 11 is 0. The molecule has 0 aliphatic heterocycles. The first-order chi connectivity index (χ1) is 29.2. The summed E-state index contributed by atoms with van der Waals surface area (Å²) < 4.78 is 0. The van der Waals surface area contributed by atoms with E-state index in [2.05, 4.69) is 198 Å². The summed E-state index contributed by atoms with van der Waals surface area (Å²) in [7, 11) is 0. The number of aryl methyl sites for hydroxylation is 6. The van der Waals surface area contributed by atoms with Crippen LogP contribution in [0.15, 0.2) is 176 Å². The van der Waals surface area contributed by atoms with Crippen LogP contribution >= 0.6 is 0 Å². The summed E-state index contributed by atoms with van der Waals surface area (Å²) in [5.41, 5.74) is 17.8. The van der Waals surface area contributed by atoms with Crippen LogP contribution < -0.4 is 4.90 Å². The summed E-state index contributed by atoms with van der Waals surface area (Å²) in [5, 5.41) is 2.31. The lowest BCUT2D eigenvalue weighted by molar-refractivity contribution is 0.919. The monoisotopic (exact) mass is 776 g/mol. The minimum absolute atomic E-state index is 0.0553. The Morgan fingerprint density at radius 1 is 0.367 bits per heavy atom. The molecule has 60 heavy (non-hydrogen) atoms. The zero-order valence-electron chi connectivity index (χ0n) is 35.1. The van der Waals surface area contributed by atoms with Gasteiger partial charge in [0.2, 0.25) is 5.95 Å². The van der Waals surface area contributed by atoms with E-state index in [1.807, 2.05) is 24.3 Å². The first kappa shape index (κ1) is 38.4. The first-order valence-corrected chi connectivity index (χ1v) is 20.7. The molecular weight excluding hydrogens is 729 g/mol. The molecule has 0 saturated heterocycles. The van der Waals surface area contributed by atoms with Gasteiger partial charge in [-0.3, -0.25) is 4.90 Å². The van der Waals surface area contributed by atoms with E-state index in [4.69, 9.17) is 15.0 Å². The van der Waals surface area contributed by atoms with Gasteiger partial charge in [0, 0.05) is 28.4 Å². The molecule has 0 aliphatic rings. The molecule has 0 unspecified atom stereocenters. The van der Waals surface area contributed by atoms with Crippen molar-refractivity contribution in [1.82, 2.24) is 15.0 Å². The fourth-order valence-corrected chi connectivity index (χ4v) is 9.06. The van der Waals surface area contributed by atoms with E-state index in [1.54, 1.807) is 0 Å². The highest BCUT2D eigenvalue weighted by Gasteiger charge is 2.26. The van der Waals surface area contributed by atoms with Gasteiger partial charge >= 0.3 is 0 Å². The molecule has 4 heteroatoms. The van der Waals surface area contributed by atoms with Crippen LogP contribution in [0, 0.1) is 41.5 Å². The van der Waals surface area contributed by atoms with Crippen LogP contribution in [0.3, 0.4) is 0 Å². The van der Waals surface area contributed by atoms with Gasteiger partial charge in [-0.05, 0) is 133 Å². The topological polar surface area (TPSA) is 41.9 Å². The maximum absolute atomic E-state index is 5.32. The Balaban J connectivity index is 1.24. The highest BCUT2D eigenvalue weighted by molar-refractivity contribution is 5.89. The Labute approximate surface area is 353 Å². The van der Waals surface area contributed by atoms with Crippen LogP contribution in [0.1, 0.15) is 56.0 Å². The molecule has 0 aliphatic carbocycles. The van der Waals surface area contributed by atoms with Crippen molar-refractivity contribution >= 4 is 28.1 Å². The smallest absolute Gasteiger partial charge is 0.238 e. The van der Waals surface area contributed by atoms with E-state index in [0.717, 1.165) is 39.0 Å². The van der Waals surface area contributed by atoms with Gasteiger partial charge in [0.15, 0.2) is 11.6 Å². The van der Waals surface area contributed by atoms with Gasteiger partial charge in [-0.15, -0.1) is 0 Å². The van der Waals surface area contributed by atoms with Crippen LogP contribution in [0.25, 0.3) is 44.7 Å². The van der Waals surface area contributed by atoms with Gasteiger partial charge in [-0.25, -0.2) is 4.98 Å². The molecule has 0 bridgehead atoms.